The first kappa shape index (κ1) is 15.5. The fourth-order valence-corrected chi connectivity index (χ4v) is 1.40. The molecule has 0 aromatic heterocycles. The lowest BCUT2D eigenvalue weighted by atomic mass is 10.1. The topological polar surface area (TPSA) is 58.6 Å². The maximum absolute atomic E-state index is 11.8. The van der Waals surface area contributed by atoms with Gasteiger partial charge in [0.05, 0.1) is 6.61 Å². The van der Waals surface area contributed by atoms with Crippen LogP contribution in [0.5, 0.6) is 5.75 Å². The first-order chi connectivity index (χ1) is 9.02. The summed E-state index contributed by atoms with van der Waals surface area (Å²) in [5, 5.41) is 11.7. The Labute approximate surface area is 114 Å². The number of carbonyl (C=O) groups is 1. The van der Waals surface area contributed by atoms with Crippen LogP contribution in [-0.2, 0) is 0 Å². The predicted molar refractivity (Wildman–Crippen MR) is 75.4 cm³/mol. The predicted octanol–water partition coefficient (Wildman–Crippen LogP) is 2.08. The number of nitrogens with one attached hydrogen (secondary N) is 1. The van der Waals surface area contributed by atoms with Crippen molar-refractivity contribution in [1.82, 2.24) is 5.32 Å². The molecule has 4 nitrogen and oxygen atoms in total. The minimum absolute atomic E-state index is 0.0672. The summed E-state index contributed by atoms with van der Waals surface area (Å²) in [6, 6.07) is 7.09. The number of aliphatic hydroxyl groups is 1. The molecule has 1 amide bonds. The number of amides is 1. The summed E-state index contributed by atoms with van der Waals surface area (Å²) in [4.78, 5) is 11.8. The Morgan fingerprint density at radius 2 is 1.89 bits per heavy atom. The number of hydrogen-bond donors (Lipinski definition) is 2. The van der Waals surface area contributed by atoms with Crippen LogP contribution in [0.3, 0.4) is 0 Å². The fourth-order valence-electron chi connectivity index (χ4n) is 1.40. The summed E-state index contributed by atoms with van der Waals surface area (Å²) >= 11 is 0. The van der Waals surface area contributed by atoms with Gasteiger partial charge in [-0.25, -0.2) is 0 Å². The minimum atomic E-state index is -0.129. The van der Waals surface area contributed by atoms with Gasteiger partial charge in [-0.05, 0) is 36.1 Å². The molecule has 1 rings (SSSR count). The molecule has 0 radical (unpaired) electrons. The van der Waals surface area contributed by atoms with Gasteiger partial charge < -0.3 is 15.2 Å². The molecule has 106 valence electrons. The van der Waals surface area contributed by atoms with Crippen LogP contribution < -0.4 is 10.1 Å². The molecule has 0 bridgehead atoms. The number of carbonyl (C=O) groups excluding carboxylic acids is 1. The van der Waals surface area contributed by atoms with Crippen molar-refractivity contribution in [2.24, 2.45) is 11.8 Å². The van der Waals surface area contributed by atoms with Crippen molar-refractivity contribution in [1.29, 1.82) is 0 Å². The molecule has 1 unspecified atom stereocenters. The van der Waals surface area contributed by atoms with Crippen molar-refractivity contribution in [2.45, 2.75) is 20.8 Å². The molecule has 0 fully saturated rings. The van der Waals surface area contributed by atoms with Gasteiger partial charge in [0.1, 0.15) is 5.75 Å². The zero-order valence-electron chi connectivity index (χ0n) is 11.8. The number of ether oxygens (including phenoxy) is 1. The molecule has 1 aromatic rings. The van der Waals surface area contributed by atoms with Gasteiger partial charge in [-0.3, -0.25) is 4.79 Å². The molecular formula is C15H23NO3. The summed E-state index contributed by atoms with van der Waals surface area (Å²) in [5.41, 5.74) is 0.599. The van der Waals surface area contributed by atoms with E-state index in [0.29, 0.717) is 24.6 Å². The molecule has 2 N–H and O–H groups in total. The lowest BCUT2D eigenvalue weighted by Gasteiger charge is -2.11. The van der Waals surface area contributed by atoms with Gasteiger partial charge in [-0.1, -0.05) is 20.8 Å². The molecular weight excluding hydrogens is 242 g/mol. The van der Waals surface area contributed by atoms with E-state index in [1.807, 2.05) is 6.92 Å². The lowest BCUT2D eigenvalue weighted by molar-refractivity contribution is 0.0942. The molecule has 0 saturated heterocycles. The number of benzene rings is 1. The van der Waals surface area contributed by atoms with Crippen LogP contribution in [0.2, 0.25) is 0 Å². The van der Waals surface area contributed by atoms with Gasteiger partial charge >= 0.3 is 0 Å². The van der Waals surface area contributed by atoms with E-state index in [1.165, 1.54) is 0 Å². The molecule has 0 heterocycles. The quantitative estimate of drug-likeness (QED) is 0.793. The maximum atomic E-state index is 11.8. The van der Waals surface area contributed by atoms with Crippen molar-refractivity contribution >= 4 is 5.91 Å². The van der Waals surface area contributed by atoms with Gasteiger partial charge in [-0.15, -0.1) is 0 Å². The second-order valence-corrected chi connectivity index (χ2v) is 5.23. The van der Waals surface area contributed by atoms with Crippen LogP contribution in [0.15, 0.2) is 24.3 Å². The minimum Gasteiger partial charge on any atom is -0.493 e. The molecule has 0 aliphatic heterocycles. The number of rotatable bonds is 7. The summed E-state index contributed by atoms with van der Waals surface area (Å²) < 4.78 is 5.55. The third-order valence-electron chi connectivity index (χ3n) is 2.62. The lowest BCUT2D eigenvalue weighted by Crippen LogP contribution is -2.29. The van der Waals surface area contributed by atoms with Crippen molar-refractivity contribution in [3.05, 3.63) is 29.8 Å². The summed E-state index contributed by atoms with van der Waals surface area (Å²) in [6.07, 6.45) is 0. The monoisotopic (exact) mass is 265 g/mol. The maximum Gasteiger partial charge on any atom is 0.251 e. The van der Waals surface area contributed by atoms with E-state index in [-0.39, 0.29) is 18.4 Å². The Bertz CT molecular complexity index is 387. The summed E-state index contributed by atoms with van der Waals surface area (Å²) in [7, 11) is 0. The van der Waals surface area contributed by atoms with E-state index < -0.39 is 0 Å². The number of hydrogen-bond acceptors (Lipinski definition) is 3. The summed E-state index contributed by atoms with van der Waals surface area (Å²) in [6.45, 7) is 7.26. The zero-order valence-corrected chi connectivity index (χ0v) is 11.8. The highest BCUT2D eigenvalue weighted by Gasteiger charge is 2.07. The first-order valence-corrected chi connectivity index (χ1v) is 6.64. The average molecular weight is 265 g/mol. The van der Waals surface area contributed by atoms with Crippen LogP contribution in [-0.4, -0.2) is 30.8 Å². The van der Waals surface area contributed by atoms with Gasteiger partial charge in [-0.2, -0.15) is 0 Å². The smallest absolute Gasteiger partial charge is 0.251 e. The van der Waals surface area contributed by atoms with Crippen molar-refractivity contribution in [3.8, 4) is 5.75 Å². The van der Waals surface area contributed by atoms with E-state index in [1.54, 1.807) is 24.3 Å². The summed E-state index contributed by atoms with van der Waals surface area (Å²) in [5.74, 6) is 1.19. The highest BCUT2D eigenvalue weighted by molar-refractivity contribution is 5.94. The molecule has 0 aliphatic carbocycles. The SMILES string of the molecule is CC(C)COc1ccc(C(=O)NCC(C)CO)cc1. The van der Waals surface area contributed by atoms with Gasteiger partial charge in [0.25, 0.3) is 5.91 Å². The standard InChI is InChI=1S/C15H23NO3/c1-11(2)10-19-14-6-4-13(5-7-14)15(18)16-8-12(3)9-17/h4-7,11-12,17H,8-10H2,1-3H3,(H,16,18). The Morgan fingerprint density at radius 3 is 2.42 bits per heavy atom. The third kappa shape index (κ3) is 5.75. The highest BCUT2D eigenvalue weighted by Crippen LogP contribution is 2.13. The van der Waals surface area contributed by atoms with Crippen molar-refractivity contribution < 1.29 is 14.6 Å². The van der Waals surface area contributed by atoms with Gasteiger partial charge in [0, 0.05) is 18.7 Å². The second-order valence-electron chi connectivity index (χ2n) is 5.23. The van der Waals surface area contributed by atoms with E-state index in [2.05, 4.69) is 19.2 Å². The number of aliphatic hydroxyl groups excluding tert-OH is 1. The van der Waals surface area contributed by atoms with Crippen LogP contribution in [0.25, 0.3) is 0 Å². The molecule has 0 saturated carbocycles. The molecule has 1 aromatic carbocycles. The molecule has 0 aliphatic rings. The van der Waals surface area contributed by atoms with Crippen LogP contribution in [0.1, 0.15) is 31.1 Å². The molecule has 1 atom stereocenters. The van der Waals surface area contributed by atoms with E-state index in [9.17, 15) is 4.79 Å². The Morgan fingerprint density at radius 1 is 1.26 bits per heavy atom. The van der Waals surface area contributed by atoms with Gasteiger partial charge in [0.15, 0.2) is 0 Å². The first-order valence-electron chi connectivity index (χ1n) is 6.64. The van der Waals surface area contributed by atoms with Crippen LogP contribution in [0, 0.1) is 11.8 Å². The Balaban J connectivity index is 2.48. The zero-order chi connectivity index (χ0) is 14.3. The average Bonchev–Trinajstić information content (AvgIpc) is 2.42. The second kappa shape index (κ2) is 7.79. The van der Waals surface area contributed by atoms with Crippen molar-refractivity contribution in [3.63, 3.8) is 0 Å². The highest BCUT2D eigenvalue weighted by atomic mass is 16.5. The molecule has 4 heteroatoms. The normalized spacial score (nSPS) is 12.3. The Hall–Kier alpha value is -1.55. The van der Waals surface area contributed by atoms with Crippen LogP contribution in [0.4, 0.5) is 0 Å². The van der Waals surface area contributed by atoms with E-state index in [4.69, 9.17) is 9.84 Å². The Kier molecular flexibility index (Phi) is 6.36. The molecule has 0 spiro atoms. The van der Waals surface area contributed by atoms with Crippen molar-refractivity contribution in [2.75, 3.05) is 19.8 Å². The third-order valence-corrected chi connectivity index (χ3v) is 2.62. The van der Waals surface area contributed by atoms with Gasteiger partial charge in [0.2, 0.25) is 0 Å². The largest absolute Gasteiger partial charge is 0.493 e. The molecule has 19 heavy (non-hydrogen) atoms. The van der Waals surface area contributed by atoms with Crippen LogP contribution >= 0.6 is 0 Å². The van der Waals surface area contributed by atoms with E-state index in [0.717, 1.165) is 5.75 Å². The fraction of sp³-hybridized carbons (Fsp3) is 0.533. The van der Waals surface area contributed by atoms with E-state index >= 15 is 0 Å².